The molecule has 3 aromatic rings. The van der Waals surface area contributed by atoms with Gasteiger partial charge >= 0.3 is 6.03 Å². The second-order valence-corrected chi connectivity index (χ2v) is 7.02. The van der Waals surface area contributed by atoms with Crippen LogP contribution in [0, 0.1) is 5.82 Å². The number of amides is 2. The zero-order valence-corrected chi connectivity index (χ0v) is 18.5. The number of primary amides is 1. The Morgan fingerprint density at radius 2 is 1.94 bits per heavy atom. The molecule has 0 spiro atoms. The summed E-state index contributed by atoms with van der Waals surface area (Å²) in [5.41, 5.74) is 6.66. The van der Waals surface area contributed by atoms with Gasteiger partial charge in [0, 0.05) is 12.2 Å². The molecule has 12 nitrogen and oxygen atoms in total. The van der Waals surface area contributed by atoms with E-state index in [4.69, 9.17) is 26.7 Å². The van der Waals surface area contributed by atoms with Gasteiger partial charge in [-0.1, -0.05) is 34.0 Å². The van der Waals surface area contributed by atoms with Crippen molar-refractivity contribution in [2.75, 3.05) is 12.4 Å². The molecule has 0 saturated heterocycles. The monoisotopic (exact) mass is 490 g/mol. The van der Waals surface area contributed by atoms with E-state index in [1.807, 2.05) is 12.1 Å². The summed E-state index contributed by atoms with van der Waals surface area (Å²) in [6.45, 7) is 0.286. The van der Waals surface area contributed by atoms with Gasteiger partial charge < -0.3 is 31.6 Å². The molecule has 14 heteroatoms. The number of ether oxygens (including phenoxy) is 1. The first-order valence-electron chi connectivity index (χ1n) is 9.64. The van der Waals surface area contributed by atoms with Crippen LogP contribution < -0.4 is 26.4 Å². The van der Waals surface area contributed by atoms with Gasteiger partial charge in [-0.2, -0.15) is 4.99 Å². The number of nitrogens with one attached hydrogen (secondary N) is 3. The van der Waals surface area contributed by atoms with Crippen molar-refractivity contribution in [1.29, 1.82) is 0 Å². The molecule has 0 saturated carbocycles. The number of hydrogen-bond donors (Lipinski definition) is 5. The third-order valence-corrected chi connectivity index (χ3v) is 4.62. The lowest BCUT2D eigenvalue weighted by atomic mass is 10.2. The Balaban J connectivity index is 1.68. The molecule has 34 heavy (non-hydrogen) atoms. The number of rotatable bonds is 7. The molecule has 0 radical (unpaired) electrons. The van der Waals surface area contributed by atoms with Gasteiger partial charge in [0.15, 0.2) is 5.69 Å². The number of amidine groups is 1. The van der Waals surface area contributed by atoms with Crippen molar-refractivity contribution in [3.05, 3.63) is 70.3 Å². The van der Waals surface area contributed by atoms with E-state index in [2.05, 4.69) is 36.4 Å². The number of nitrogens with two attached hydrogens (primary N) is 1. The van der Waals surface area contributed by atoms with Crippen LogP contribution in [0.4, 0.5) is 14.9 Å². The van der Waals surface area contributed by atoms with Crippen LogP contribution in [0.2, 0.25) is 5.02 Å². The van der Waals surface area contributed by atoms with E-state index in [1.165, 1.54) is 12.1 Å². The average Bonchev–Trinajstić information content (AvgIpc) is 3.30. The SMILES string of the molecule is COc1ccc(CNC(=NC(N)=O)NCc2nonc2C(=NO)Nc2ccc(F)c(Cl)c2)cc1. The highest BCUT2D eigenvalue weighted by Gasteiger charge is 2.18. The zero-order valence-electron chi connectivity index (χ0n) is 17.7. The van der Waals surface area contributed by atoms with E-state index >= 15 is 0 Å². The van der Waals surface area contributed by atoms with E-state index in [-0.39, 0.29) is 34.8 Å². The van der Waals surface area contributed by atoms with Crippen LogP contribution in [0.25, 0.3) is 0 Å². The summed E-state index contributed by atoms with van der Waals surface area (Å²) in [6.07, 6.45) is 0. The summed E-state index contributed by atoms with van der Waals surface area (Å²) in [5.74, 6) is 0.0290. The molecule has 0 fully saturated rings. The van der Waals surface area contributed by atoms with Gasteiger partial charge in [-0.15, -0.1) is 0 Å². The number of aromatic nitrogens is 2. The van der Waals surface area contributed by atoms with E-state index in [9.17, 15) is 14.4 Å². The number of hydrogen-bond acceptors (Lipinski definition) is 7. The number of aliphatic imine (C=N–C) groups is 1. The fourth-order valence-electron chi connectivity index (χ4n) is 2.69. The molecule has 0 aliphatic carbocycles. The first-order chi connectivity index (χ1) is 16.4. The summed E-state index contributed by atoms with van der Waals surface area (Å²) < 4.78 is 23.3. The lowest BCUT2D eigenvalue weighted by Crippen LogP contribution is -2.38. The van der Waals surface area contributed by atoms with Crippen molar-refractivity contribution < 1.29 is 23.8 Å². The van der Waals surface area contributed by atoms with Crippen molar-refractivity contribution in [2.45, 2.75) is 13.1 Å². The van der Waals surface area contributed by atoms with Gasteiger partial charge in [-0.05, 0) is 41.1 Å². The van der Waals surface area contributed by atoms with Gasteiger partial charge in [0.05, 0.1) is 18.7 Å². The van der Waals surface area contributed by atoms with E-state index in [1.54, 1.807) is 19.2 Å². The van der Waals surface area contributed by atoms with Crippen LogP contribution in [-0.4, -0.2) is 40.5 Å². The van der Waals surface area contributed by atoms with Crippen molar-refractivity contribution in [3.8, 4) is 5.75 Å². The van der Waals surface area contributed by atoms with Crippen molar-refractivity contribution >= 4 is 35.1 Å². The smallest absolute Gasteiger partial charge is 0.341 e. The number of nitrogens with zero attached hydrogens (tertiary/aromatic N) is 4. The van der Waals surface area contributed by atoms with Gasteiger partial charge in [0.1, 0.15) is 17.3 Å². The second kappa shape index (κ2) is 11.5. The number of anilines is 1. The maximum atomic E-state index is 13.4. The zero-order chi connectivity index (χ0) is 24.5. The van der Waals surface area contributed by atoms with Crippen LogP contribution in [-0.2, 0) is 13.1 Å². The predicted octanol–water partition coefficient (Wildman–Crippen LogP) is 2.43. The lowest BCUT2D eigenvalue weighted by Gasteiger charge is -2.12. The van der Waals surface area contributed by atoms with E-state index < -0.39 is 11.8 Å². The number of guanidine groups is 1. The molecule has 2 aromatic carbocycles. The lowest BCUT2D eigenvalue weighted by molar-refractivity contribution is 0.256. The molecule has 0 bridgehead atoms. The average molecular weight is 491 g/mol. The molecular weight excluding hydrogens is 471 g/mol. The van der Waals surface area contributed by atoms with Gasteiger partial charge in [0.2, 0.25) is 11.8 Å². The number of carbonyl (C=O) groups excluding carboxylic acids is 1. The Hall–Kier alpha value is -4.39. The maximum absolute atomic E-state index is 13.4. The summed E-state index contributed by atoms with van der Waals surface area (Å²) in [5, 5.41) is 28.5. The normalized spacial score (nSPS) is 11.7. The van der Waals surface area contributed by atoms with Crippen LogP contribution >= 0.6 is 11.6 Å². The van der Waals surface area contributed by atoms with Crippen LogP contribution in [0.5, 0.6) is 5.75 Å². The summed E-state index contributed by atoms with van der Waals surface area (Å²) in [7, 11) is 1.57. The van der Waals surface area contributed by atoms with Crippen LogP contribution in [0.15, 0.2) is 57.2 Å². The third-order valence-electron chi connectivity index (χ3n) is 4.33. The van der Waals surface area contributed by atoms with Crippen molar-refractivity contribution in [2.24, 2.45) is 15.9 Å². The molecule has 178 valence electrons. The van der Waals surface area contributed by atoms with Crippen molar-refractivity contribution in [1.82, 2.24) is 20.9 Å². The molecule has 0 aliphatic rings. The Kier molecular flexibility index (Phi) is 8.18. The molecule has 3 rings (SSSR count). The first kappa shape index (κ1) is 24.3. The minimum atomic E-state index is -0.921. The molecule has 0 unspecified atom stereocenters. The maximum Gasteiger partial charge on any atom is 0.341 e. The highest BCUT2D eigenvalue weighted by Crippen LogP contribution is 2.20. The quantitative estimate of drug-likeness (QED) is 0.144. The molecular formula is C20H20ClFN8O4. The molecule has 0 aliphatic heterocycles. The largest absolute Gasteiger partial charge is 0.497 e. The number of oxime groups is 1. The fourth-order valence-corrected chi connectivity index (χ4v) is 2.87. The molecule has 6 N–H and O–H groups in total. The van der Waals surface area contributed by atoms with Gasteiger partial charge in [-0.3, -0.25) is 0 Å². The fraction of sp³-hybridized carbons (Fsp3) is 0.150. The number of urea groups is 1. The van der Waals surface area contributed by atoms with E-state index in [0.29, 0.717) is 18.0 Å². The highest BCUT2D eigenvalue weighted by molar-refractivity contribution is 6.31. The molecule has 1 heterocycles. The Morgan fingerprint density at radius 3 is 2.59 bits per heavy atom. The third kappa shape index (κ3) is 6.56. The number of methoxy groups -OCH3 is 1. The summed E-state index contributed by atoms with van der Waals surface area (Å²) in [6, 6.07) is 10.2. The van der Waals surface area contributed by atoms with Gasteiger partial charge in [-0.25, -0.2) is 13.8 Å². The minimum absolute atomic E-state index is 0.0363. The van der Waals surface area contributed by atoms with Gasteiger partial charge in [0.25, 0.3) is 0 Å². The Morgan fingerprint density at radius 1 is 1.21 bits per heavy atom. The number of halogens is 2. The van der Waals surface area contributed by atoms with Crippen LogP contribution in [0.1, 0.15) is 17.0 Å². The second-order valence-electron chi connectivity index (χ2n) is 6.62. The Labute approximate surface area is 197 Å². The Bertz CT molecular complexity index is 1200. The predicted molar refractivity (Wildman–Crippen MR) is 121 cm³/mol. The topological polar surface area (TPSA) is 172 Å². The van der Waals surface area contributed by atoms with Crippen molar-refractivity contribution in [3.63, 3.8) is 0 Å². The molecule has 2 amide bonds. The number of carbonyl (C=O) groups is 1. The molecule has 1 aromatic heterocycles. The highest BCUT2D eigenvalue weighted by atomic mass is 35.5. The molecule has 0 atom stereocenters. The first-order valence-corrected chi connectivity index (χ1v) is 10.0. The summed E-state index contributed by atoms with van der Waals surface area (Å²) >= 11 is 5.77. The minimum Gasteiger partial charge on any atom is -0.497 e. The number of benzene rings is 2. The summed E-state index contributed by atoms with van der Waals surface area (Å²) in [4.78, 5) is 15.0. The standard InChI is InChI=1S/C20H20ClFN8O4/c1-33-13-5-2-11(3-6-13)9-24-20(27-19(23)31)25-10-16-17(30-34-29-16)18(28-32)26-12-4-7-15(22)14(21)8-12/h2-8,32H,9-10H2,1H3,(H,26,28)(H4,23,24,25,27,31). The van der Waals surface area contributed by atoms with Crippen LogP contribution in [0.3, 0.4) is 0 Å². The van der Waals surface area contributed by atoms with E-state index in [0.717, 1.165) is 11.6 Å².